The predicted octanol–water partition coefficient (Wildman–Crippen LogP) is 3.48. The third-order valence-electron chi connectivity index (χ3n) is 5.55. The summed E-state index contributed by atoms with van der Waals surface area (Å²) in [5.41, 5.74) is 1.82. The fourth-order valence-electron chi connectivity index (χ4n) is 3.96. The molecule has 2 aromatic rings. The number of rotatable bonds is 9. The second-order valence-electron chi connectivity index (χ2n) is 7.51. The number of nitrogens with zero attached hydrogens (tertiary/aromatic N) is 1. The standard InChI is InChI=1S/C25H29NO7/c1-6-33-19-10-7-16(14-20(19)32-5)22-21(24(28)25(29)26(22)11-12-30-3)23(27)17-8-9-18(31-4)15(2)13-17/h7-10,13-14,22,27H,6,11-12H2,1-5H3/b23-21+/t22-/m1/s1. The van der Waals surface area contributed by atoms with Crippen molar-refractivity contribution in [2.75, 3.05) is 41.1 Å². The van der Waals surface area contributed by atoms with E-state index in [0.717, 1.165) is 5.56 Å². The van der Waals surface area contributed by atoms with Gasteiger partial charge in [0, 0.05) is 19.2 Å². The van der Waals surface area contributed by atoms with E-state index < -0.39 is 17.7 Å². The molecule has 2 aromatic carbocycles. The van der Waals surface area contributed by atoms with Crippen LogP contribution in [0.3, 0.4) is 0 Å². The SMILES string of the molecule is CCOc1ccc([C@@H]2/C(=C(\O)c3ccc(OC)c(C)c3)C(=O)C(=O)N2CCOC)cc1OC. The molecular weight excluding hydrogens is 426 g/mol. The third kappa shape index (κ3) is 4.66. The van der Waals surface area contributed by atoms with Crippen molar-refractivity contribution < 1.29 is 33.6 Å². The van der Waals surface area contributed by atoms with Gasteiger partial charge in [0.15, 0.2) is 11.5 Å². The van der Waals surface area contributed by atoms with Crippen molar-refractivity contribution in [2.45, 2.75) is 19.9 Å². The van der Waals surface area contributed by atoms with Gasteiger partial charge < -0.3 is 29.0 Å². The van der Waals surface area contributed by atoms with Crippen molar-refractivity contribution >= 4 is 17.4 Å². The van der Waals surface area contributed by atoms with E-state index in [1.165, 1.54) is 19.1 Å². The number of carbonyl (C=O) groups excluding carboxylic acids is 2. The highest BCUT2D eigenvalue weighted by atomic mass is 16.5. The van der Waals surface area contributed by atoms with Crippen LogP contribution in [0.5, 0.6) is 17.2 Å². The predicted molar refractivity (Wildman–Crippen MR) is 123 cm³/mol. The molecule has 0 aliphatic carbocycles. The highest BCUT2D eigenvalue weighted by Gasteiger charge is 2.46. The number of Topliss-reactive ketones (excluding diaryl/α,β-unsaturated/α-hetero) is 1. The van der Waals surface area contributed by atoms with Crippen molar-refractivity contribution in [1.29, 1.82) is 0 Å². The van der Waals surface area contributed by atoms with Gasteiger partial charge in [0.25, 0.3) is 11.7 Å². The molecule has 176 valence electrons. The fraction of sp³-hybridized carbons (Fsp3) is 0.360. The number of benzene rings is 2. The Labute approximate surface area is 193 Å². The number of hydrogen-bond acceptors (Lipinski definition) is 7. The summed E-state index contributed by atoms with van der Waals surface area (Å²) >= 11 is 0. The summed E-state index contributed by atoms with van der Waals surface area (Å²) in [6.07, 6.45) is 0. The molecule has 1 aliphatic rings. The molecule has 1 amide bonds. The highest BCUT2D eigenvalue weighted by molar-refractivity contribution is 6.46. The lowest BCUT2D eigenvalue weighted by atomic mass is 9.94. The van der Waals surface area contributed by atoms with Crippen LogP contribution in [0.1, 0.15) is 29.7 Å². The number of carbonyl (C=O) groups is 2. The summed E-state index contributed by atoms with van der Waals surface area (Å²) in [7, 11) is 4.60. The Morgan fingerprint density at radius 2 is 1.70 bits per heavy atom. The minimum atomic E-state index is -0.813. The van der Waals surface area contributed by atoms with Crippen LogP contribution in [0.4, 0.5) is 0 Å². The first-order chi connectivity index (χ1) is 15.9. The van der Waals surface area contributed by atoms with Crippen LogP contribution in [0, 0.1) is 6.92 Å². The minimum Gasteiger partial charge on any atom is -0.507 e. The lowest BCUT2D eigenvalue weighted by Gasteiger charge is -2.25. The largest absolute Gasteiger partial charge is 0.507 e. The van der Waals surface area contributed by atoms with E-state index >= 15 is 0 Å². The van der Waals surface area contributed by atoms with Gasteiger partial charge >= 0.3 is 0 Å². The number of ether oxygens (including phenoxy) is 4. The van der Waals surface area contributed by atoms with Crippen LogP contribution in [0.15, 0.2) is 42.0 Å². The second-order valence-corrected chi connectivity index (χ2v) is 7.51. The molecule has 8 heteroatoms. The Morgan fingerprint density at radius 3 is 2.30 bits per heavy atom. The van der Waals surface area contributed by atoms with Gasteiger partial charge in [0.2, 0.25) is 0 Å². The molecule has 1 heterocycles. The molecule has 1 atom stereocenters. The first kappa shape index (κ1) is 24.1. The van der Waals surface area contributed by atoms with Crippen LogP contribution in [-0.4, -0.2) is 62.8 Å². The highest BCUT2D eigenvalue weighted by Crippen LogP contribution is 2.42. The Balaban J connectivity index is 2.18. The summed E-state index contributed by atoms with van der Waals surface area (Å²) in [6.45, 7) is 4.57. The van der Waals surface area contributed by atoms with Gasteiger partial charge in [-0.3, -0.25) is 9.59 Å². The van der Waals surface area contributed by atoms with Crippen molar-refractivity contribution in [1.82, 2.24) is 4.90 Å². The minimum absolute atomic E-state index is 0.00637. The van der Waals surface area contributed by atoms with Gasteiger partial charge in [-0.2, -0.15) is 0 Å². The summed E-state index contributed by atoms with van der Waals surface area (Å²) in [5, 5.41) is 11.2. The lowest BCUT2D eigenvalue weighted by molar-refractivity contribution is -0.140. The van der Waals surface area contributed by atoms with Crippen LogP contribution in [0.25, 0.3) is 5.76 Å². The van der Waals surface area contributed by atoms with E-state index in [1.54, 1.807) is 43.5 Å². The number of methoxy groups -OCH3 is 3. The third-order valence-corrected chi connectivity index (χ3v) is 5.55. The molecule has 0 saturated carbocycles. The van der Waals surface area contributed by atoms with E-state index in [0.29, 0.717) is 35.0 Å². The van der Waals surface area contributed by atoms with Gasteiger partial charge in [-0.15, -0.1) is 0 Å². The van der Waals surface area contributed by atoms with Gasteiger partial charge in [-0.25, -0.2) is 0 Å². The molecule has 0 aromatic heterocycles. The molecule has 1 N–H and O–H groups in total. The average Bonchev–Trinajstić information content (AvgIpc) is 3.07. The monoisotopic (exact) mass is 455 g/mol. The quantitative estimate of drug-likeness (QED) is 0.351. The zero-order valence-corrected chi connectivity index (χ0v) is 19.5. The van der Waals surface area contributed by atoms with E-state index in [4.69, 9.17) is 18.9 Å². The average molecular weight is 456 g/mol. The smallest absolute Gasteiger partial charge is 0.295 e. The molecule has 1 aliphatic heterocycles. The van der Waals surface area contributed by atoms with Gasteiger partial charge in [0.05, 0.1) is 39.0 Å². The molecule has 3 rings (SSSR count). The normalized spacial score (nSPS) is 17.4. The van der Waals surface area contributed by atoms with Crippen LogP contribution < -0.4 is 14.2 Å². The first-order valence-corrected chi connectivity index (χ1v) is 10.6. The van der Waals surface area contributed by atoms with Gasteiger partial charge in [0.1, 0.15) is 11.5 Å². The van der Waals surface area contributed by atoms with Gasteiger partial charge in [-0.1, -0.05) is 6.07 Å². The number of likely N-dealkylation sites (tertiary alicyclic amines) is 1. The van der Waals surface area contributed by atoms with Crippen molar-refractivity contribution in [3.8, 4) is 17.2 Å². The fourth-order valence-corrected chi connectivity index (χ4v) is 3.96. The van der Waals surface area contributed by atoms with E-state index in [-0.39, 0.29) is 24.5 Å². The molecule has 1 fully saturated rings. The maximum Gasteiger partial charge on any atom is 0.295 e. The van der Waals surface area contributed by atoms with Crippen LogP contribution in [0.2, 0.25) is 0 Å². The summed E-state index contributed by atoms with van der Waals surface area (Å²) in [4.78, 5) is 27.4. The van der Waals surface area contributed by atoms with E-state index in [9.17, 15) is 14.7 Å². The van der Waals surface area contributed by atoms with Gasteiger partial charge in [-0.05, 0) is 55.3 Å². The van der Waals surface area contributed by atoms with E-state index in [2.05, 4.69) is 0 Å². The van der Waals surface area contributed by atoms with Crippen molar-refractivity contribution in [3.05, 3.63) is 58.7 Å². The summed E-state index contributed by atoms with van der Waals surface area (Å²) in [5.74, 6) is -0.0429. The Morgan fingerprint density at radius 1 is 1.00 bits per heavy atom. The topological polar surface area (TPSA) is 94.5 Å². The van der Waals surface area contributed by atoms with Crippen molar-refractivity contribution in [3.63, 3.8) is 0 Å². The Bertz CT molecular complexity index is 1080. The molecule has 0 radical (unpaired) electrons. The number of aliphatic hydroxyl groups excluding tert-OH is 1. The number of aliphatic hydroxyl groups is 1. The molecular formula is C25H29NO7. The lowest BCUT2D eigenvalue weighted by Crippen LogP contribution is -2.32. The number of hydrogen-bond donors (Lipinski definition) is 1. The maximum absolute atomic E-state index is 13.1. The summed E-state index contributed by atoms with van der Waals surface area (Å²) < 4.78 is 21.5. The number of ketones is 1. The zero-order valence-electron chi connectivity index (χ0n) is 19.5. The molecule has 0 bridgehead atoms. The second kappa shape index (κ2) is 10.4. The molecule has 33 heavy (non-hydrogen) atoms. The zero-order chi connectivity index (χ0) is 24.1. The maximum atomic E-state index is 13.1. The van der Waals surface area contributed by atoms with E-state index in [1.807, 2.05) is 13.8 Å². The number of aryl methyl sites for hydroxylation is 1. The molecule has 0 unspecified atom stereocenters. The Hall–Kier alpha value is -3.52. The number of amides is 1. The van der Waals surface area contributed by atoms with Crippen LogP contribution >= 0.6 is 0 Å². The van der Waals surface area contributed by atoms with Crippen molar-refractivity contribution in [2.24, 2.45) is 0 Å². The molecule has 1 saturated heterocycles. The molecule has 8 nitrogen and oxygen atoms in total. The first-order valence-electron chi connectivity index (χ1n) is 10.6. The van der Waals surface area contributed by atoms with Crippen LogP contribution in [-0.2, 0) is 14.3 Å². The Kier molecular flexibility index (Phi) is 7.60. The molecule has 0 spiro atoms. The summed E-state index contributed by atoms with van der Waals surface area (Å²) in [6, 6.07) is 9.47.